The maximum Gasteiger partial charge on any atom is 0.254 e. The van der Waals surface area contributed by atoms with Crippen LogP contribution in [0.25, 0.3) is 0 Å². The smallest absolute Gasteiger partial charge is 0.254 e. The number of hydrogen-bond donors (Lipinski definition) is 1. The summed E-state index contributed by atoms with van der Waals surface area (Å²) in [7, 11) is 1.69. The number of hydrogen-bond acceptors (Lipinski definition) is 4. The monoisotopic (exact) mass is 349 g/mol. The Morgan fingerprint density at radius 1 is 1.33 bits per heavy atom. The van der Waals surface area contributed by atoms with Crippen molar-refractivity contribution in [2.75, 3.05) is 13.3 Å². The Hall–Kier alpha value is -2.15. The number of aromatic amines is 1. The molecule has 24 heavy (non-hydrogen) atoms. The van der Waals surface area contributed by atoms with Gasteiger partial charge in [0, 0.05) is 31.3 Å². The average molecular weight is 349 g/mol. The number of nitrogens with one attached hydrogen (secondary N) is 1. The predicted molar refractivity (Wildman–Crippen MR) is 92.6 cm³/mol. The van der Waals surface area contributed by atoms with Crippen molar-refractivity contribution in [3.05, 3.63) is 57.3 Å². The van der Waals surface area contributed by atoms with E-state index in [0.717, 1.165) is 5.56 Å². The molecule has 128 valence electrons. The summed E-state index contributed by atoms with van der Waals surface area (Å²) >= 11 is 1.37. The summed E-state index contributed by atoms with van der Waals surface area (Å²) in [6.07, 6.45) is 2.41. The topological polar surface area (TPSA) is 66.1 Å². The molecule has 0 saturated carbocycles. The van der Waals surface area contributed by atoms with E-state index in [-0.39, 0.29) is 23.7 Å². The van der Waals surface area contributed by atoms with Crippen molar-refractivity contribution >= 4 is 17.7 Å². The van der Waals surface area contributed by atoms with E-state index in [1.54, 1.807) is 31.0 Å². The molecule has 7 heteroatoms. The summed E-state index contributed by atoms with van der Waals surface area (Å²) in [4.78, 5) is 32.9. The number of aryl methyl sites for hydroxylation is 1. The van der Waals surface area contributed by atoms with Crippen LogP contribution in [0.1, 0.15) is 23.2 Å². The molecule has 1 amide bonds. The number of aromatic nitrogens is 2. The first-order valence-corrected chi connectivity index (χ1v) is 8.75. The zero-order valence-corrected chi connectivity index (χ0v) is 14.7. The second-order valence-electron chi connectivity index (χ2n) is 5.52. The maximum absolute atomic E-state index is 12.9. The molecular weight excluding hydrogens is 329 g/mol. The standard InChI is InChI=1S/C17H20FN3O2S/c1-11-14(16(23)20-17(19-11)24-3)8-9-15(22)21(2)10-12-4-6-13(18)7-5-12/h4-7H,8-10H2,1-3H3,(H,19,20,23). The van der Waals surface area contributed by atoms with Gasteiger partial charge in [-0.2, -0.15) is 0 Å². The highest BCUT2D eigenvalue weighted by Gasteiger charge is 2.13. The van der Waals surface area contributed by atoms with Gasteiger partial charge >= 0.3 is 0 Å². The van der Waals surface area contributed by atoms with Crippen LogP contribution in [0.3, 0.4) is 0 Å². The molecule has 0 saturated heterocycles. The fourth-order valence-corrected chi connectivity index (χ4v) is 2.77. The van der Waals surface area contributed by atoms with Crippen LogP contribution in [0.5, 0.6) is 0 Å². The van der Waals surface area contributed by atoms with Gasteiger partial charge < -0.3 is 9.88 Å². The highest BCUT2D eigenvalue weighted by Crippen LogP contribution is 2.11. The molecule has 0 aliphatic rings. The molecule has 2 aromatic rings. The number of halogens is 1. The Labute approximate surface area is 144 Å². The largest absolute Gasteiger partial charge is 0.341 e. The van der Waals surface area contributed by atoms with Crippen molar-refractivity contribution in [2.24, 2.45) is 0 Å². The van der Waals surface area contributed by atoms with Gasteiger partial charge in [-0.25, -0.2) is 9.37 Å². The molecule has 0 atom stereocenters. The third-order valence-electron chi connectivity index (χ3n) is 3.74. The van der Waals surface area contributed by atoms with Crippen molar-refractivity contribution < 1.29 is 9.18 Å². The van der Waals surface area contributed by atoms with Crippen LogP contribution in [0.15, 0.2) is 34.2 Å². The minimum atomic E-state index is -0.302. The number of thioether (sulfide) groups is 1. The van der Waals surface area contributed by atoms with E-state index in [1.807, 2.05) is 6.26 Å². The lowest BCUT2D eigenvalue weighted by molar-refractivity contribution is -0.130. The number of amides is 1. The van der Waals surface area contributed by atoms with E-state index in [0.29, 0.717) is 29.4 Å². The van der Waals surface area contributed by atoms with Crippen molar-refractivity contribution in [2.45, 2.75) is 31.5 Å². The predicted octanol–water partition coefficient (Wildman–Crippen LogP) is 2.53. The number of benzene rings is 1. The van der Waals surface area contributed by atoms with Crippen LogP contribution < -0.4 is 5.56 Å². The molecule has 0 spiro atoms. The Balaban J connectivity index is 1.97. The fourth-order valence-electron chi connectivity index (χ4n) is 2.35. The zero-order chi connectivity index (χ0) is 17.7. The Morgan fingerprint density at radius 3 is 2.58 bits per heavy atom. The van der Waals surface area contributed by atoms with Crippen LogP contribution in [0, 0.1) is 12.7 Å². The van der Waals surface area contributed by atoms with E-state index in [9.17, 15) is 14.0 Å². The third kappa shape index (κ3) is 4.67. The second-order valence-corrected chi connectivity index (χ2v) is 6.31. The van der Waals surface area contributed by atoms with Crippen LogP contribution in [-0.2, 0) is 17.8 Å². The van der Waals surface area contributed by atoms with E-state index < -0.39 is 0 Å². The van der Waals surface area contributed by atoms with E-state index in [2.05, 4.69) is 9.97 Å². The number of nitrogens with zero attached hydrogens (tertiary/aromatic N) is 2. The van der Waals surface area contributed by atoms with Gasteiger partial charge in [0.2, 0.25) is 5.91 Å². The number of rotatable bonds is 6. The molecule has 0 unspecified atom stereocenters. The molecule has 1 aromatic carbocycles. The van der Waals surface area contributed by atoms with E-state index >= 15 is 0 Å². The molecule has 2 rings (SSSR count). The molecule has 0 radical (unpaired) electrons. The van der Waals surface area contributed by atoms with Gasteiger partial charge in [-0.3, -0.25) is 9.59 Å². The van der Waals surface area contributed by atoms with Crippen LogP contribution in [0.4, 0.5) is 4.39 Å². The van der Waals surface area contributed by atoms with E-state index in [4.69, 9.17) is 0 Å². The van der Waals surface area contributed by atoms with Gasteiger partial charge in [-0.05, 0) is 37.3 Å². The molecule has 0 aliphatic carbocycles. The minimum absolute atomic E-state index is 0.0768. The molecule has 1 aromatic heterocycles. The second kappa shape index (κ2) is 8.10. The van der Waals surface area contributed by atoms with Crippen LogP contribution in [0.2, 0.25) is 0 Å². The fraction of sp³-hybridized carbons (Fsp3) is 0.353. The highest BCUT2D eigenvalue weighted by atomic mass is 32.2. The van der Waals surface area contributed by atoms with Gasteiger partial charge in [0.15, 0.2) is 5.16 Å². The lowest BCUT2D eigenvalue weighted by atomic mass is 10.1. The van der Waals surface area contributed by atoms with Crippen LogP contribution in [-0.4, -0.2) is 34.1 Å². The molecule has 0 bridgehead atoms. The van der Waals surface area contributed by atoms with Gasteiger partial charge in [0.25, 0.3) is 5.56 Å². The van der Waals surface area contributed by atoms with E-state index in [1.165, 1.54) is 23.9 Å². The number of carbonyl (C=O) groups is 1. The summed E-state index contributed by atoms with van der Waals surface area (Å²) in [6, 6.07) is 6.04. The normalized spacial score (nSPS) is 10.7. The summed E-state index contributed by atoms with van der Waals surface area (Å²) in [6.45, 7) is 2.18. The van der Waals surface area contributed by atoms with Gasteiger partial charge in [-0.15, -0.1) is 0 Å². The van der Waals surface area contributed by atoms with Crippen LogP contribution >= 0.6 is 11.8 Å². The van der Waals surface area contributed by atoms with Crippen molar-refractivity contribution in [3.8, 4) is 0 Å². The third-order valence-corrected chi connectivity index (χ3v) is 4.32. The Bertz CT molecular complexity index is 774. The van der Waals surface area contributed by atoms with Gasteiger partial charge in [0.05, 0.1) is 0 Å². The molecule has 1 N–H and O–H groups in total. The van der Waals surface area contributed by atoms with Crippen molar-refractivity contribution in [1.29, 1.82) is 0 Å². The molecule has 5 nitrogen and oxygen atoms in total. The minimum Gasteiger partial charge on any atom is -0.341 e. The van der Waals surface area contributed by atoms with Crippen molar-refractivity contribution in [3.63, 3.8) is 0 Å². The summed E-state index contributed by atoms with van der Waals surface area (Å²) < 4.78 is 12.9. The molecular formula is C17H20FN3O2S. The quantitative estimate of drug-likeness (QED) is 0.643. The summed E-state index contributed by atoms with van der Waals surface area (Å²) in [5.41, 5.74) is 1.85. The Kier molecular flexibility index (Phi) is 6.14. The lowest BCUT2D eigenvalue weighted by Gasteiger charge is -2.17. The lowest BCUT2D eigenvalue weighted by Crippen LogP contribution is -2.27. The first-order valence-electron chi connectivity index (χ1n) is 7.53. The van der Waals surface area contributed by atoms with Gasteiger partial charge in [-0.1, -0.05) is 23.9 Å². The molecule has 0 fully saturated rings. The summed E-state index contributed by atoms with van der Waals surface area (Å²) in [5, 5.41) is 0.570. The molecule has 0 aliphatic heterocycles. The van der Waals surface area contributed by atoms with Gasteiger partial charge in [0.1, 0.15) is 5.82 Å². The Morgan fingerprint density at radius 2 is 2.00 bits per heavy atom. The first kappa shape index (κ1) is 18.2. The average Bonchev–Trinajstić information content (AvgIpc) is 2.55. The number of H-pyrrole nitrogens is 1. The first-order chi connectivity index (χ1) is 11.4. The highest BCUT2D eigenvalue weighted by molar-refractivity contribution is 7.98. The number of carbonyl (C=O) groups excluding carboxylic acids is 1. The SMILES string of the molecule is CSc1nc(C)c(CCC(=O)N(C)Cc2ccc(F)cc2)c(=O)[nH]1. The maximum atomic E-state index is 12.9. The summed E-state index contributed by atoms with van der Waals surface area (Å²) in [5.74, 6) is -0.379. The molecule has 1 heterocycles. The van der Waals surface area contributed by atoms with Crippen molar-refractivity contribution in [1.82, 2.24) is 14.9 Å². The zero-order valence-electron chi connectivity index (χ0n) is 13.9.